The molecule has 0 saturated carbocycles. The quantitative estimate of drug-likeness (QED) is 0.622. The van der Waals surface area contributed by atoms with Crippen LogP contribution in [0.5, 0.6) is 0 Å². The van der Waals surface area contributed by atoms with Gasteiger partial charge in [0.2, 0.25) is 0 Å². The van der Waals surface area contributed by atoms with Crippen LogP contribution in [0.1, 0.15) is 43.9 Å². The van der Waals surface area contributed by atoms with Gasteiger partial charge in [0.1, 0.15) is 0 Å². The van der Waals surface area contributed by atoms with Gasteiger partial charge in [0.05, 0.1) is 0 Å². The summed E-state index contributed by atoms with van der Waals surface area (Å²) in [7, 11) is 0. The number of aromatic nitrogens is 1. The Morgan fingerprint density at radius 1 is 1.38 bits per heavy atom. The zero-order chi connectivity index (χ0) is 9.10. The van der Waals surface area contributed by atoms with Crippen molar-refractivity contribution in [3.63, 3.8) is 0 Å². The van der Waals surface area contributed by atoms with E-state index in [-0.39, 0.29) is 0 Å². The minimum absolute atomic E-state index is 1.25. The Morgan fingerprint density at radius 2 is 2.31 bits per heavy atom. The first kappa shape index (κ1) is 8.86. The van der Waals surface area contributed by atoms with Crippen molar-refractivity contribution in [2.75, 3.05) is 0 Å². The van der Waals surface area contributed by atoms with Gasteiger partial charge in [-0.25, -0.2) is 0 Å². The predicted molar refractivity (Wildman–Crippen MR) is 56.0 cm³/mol. The molecule has 0 saturated heterocycles. The fourth-order valence-electron chi connectivity index (χ4n) is 2.19. The van der Waals surface area contributed by atoms with Crippen molar-refractivity contribution in [2.24, 2.45) is 0 Å². The van der Waals surface area contributed by atoms with Crippen molar-refractivity contribution >= 4 is 0 Å². The van der Waals surface area contributed by atoms with Gasteiger partial charge >= 0.3 is 0 Å². The van der Waals surface area contributed by atoms with E-state index in [9.17, 15) is 0 Å². The van der Waals surface area contributed by atoms with Gasteiger partial charge in [-0.1, -0.05) is 19.8 Å². The fraction of sp³-hybridized carbons (Fsp3) is 0.667. The number of rotatable bonds is 4. The lowest BCUT2D eigenvalue weighted by Gasteiger charge is -1.96. The molecule has 0 amide bonds. The molecule has 1 aliphatic rings. The van der Waals surface area contributed by atoms with Gasteiger partial charge in [0.15, 0.2) is 0 Å². The normalized spacial score (nSPS) is 14.8. The molecule has 0 bridgehead atoms. The number of aryl methyl sites for hydroxylation is 3. The Kier molecular flexibility index (Phi) is 2.72. The van der Waals surface area contributed by atoms with E-state index < -0.39 is 0 Å². The van der Waals surface area contributed by atoms with E-state index in [0.29, 0.717) is 0 Å². The molecule has 0 aliphatic carbocycles. The molecular formula is C12H19N. The van der Waals surface area contributed by atoms with Gasteiger partial charge in [-0.15, -0.1) is 0 Å². The summed E-state index contributed by atoms with van der Waals surface area (Å²) in [6.07, 6.45) is 10.4. The summed E-state index contributed by atoms with van der Waals surface area (Å²) >= 11 is 0. The third-order valence-corrected chi connectivity index (χ3v) is 2.94. The summed E-state index contributed by atoms with van der Waals surface area (Å²) in [5.74, 6) is 0. The Hall–Kier alpha value is -0.720. The molecule has 72 valence electrons. The summed E-state index contributed by atoms with van der Waals surface area (Å²) in [4.78, 5) is 0. The van der Waals surface area contributed by atoms with Crippen LogP contribution in [0.3, 0.4) is 0 Å². The Balaban J connectivity index is 1.91. The maximum Gasteiger partial charge on any atom is 0.0226 e. The molecule has 0 aromatic carbocycles. The van der Waals surface area contributed by atoms with Crippen molar-refractivity contribution in [1.29, 1.82) is 0 Å². The van der Waals surface area contributed by atoms with Gasteiger partial charge in [-0.3, -0.25) is 0 Å². The minimum Gasteiger partial charge on any atom is -0.351 e. The summed E-state index contributed by atoms with van der Waals surface area (Å²) in [6, 6.07) is 2.41. The van der Waals surface area contributed by atoms with Gasteiger partial charge in [0, 0.05) is 18.4 Å². The predicted octanol–water partition coefficient (Wildman–Crippen LogP) is 3.17. The zero-order valence-electron chi connectivity index (χ0n) is 8.55. The van der Waals surface area contributed by atoms with E-state index in [1.807, 2.05) is 0 Å². The first-order chi connectivity index (χ1) is 6.40. The largest absolute Gasteiger partial charge is 0.351 e. The molecule has 1 aliphatic heterocycles. The first-order valence-corrected chi connectivity index (χ1v) is 5.58. The van der Waals surface area contributed by atoms with Crippen LogP contribution in [0, 0.1) is 0 Å². The van der Waals surface area contributed by atoms with Crippen LogP contribution in [0.25, 0.3) is 0 Å². The Morgan fingerprint density at radius 3 is 3.08 bits per heavy atom. The highest BCUT2D eigenvalue weighted by molar-refractivity contribution is 5.21. The van der Waals surface area contributed by atoms with Crippen LogP contribution < -0.4 is 0 Å². The number of unbranched alkanes of at least 4 members (excludes halogenated alkanes) is 2. The highest BCUT2D eigenvalue weighted by Crippen LogP contribution is 2.19. The second kappa shape index (κ2) is 3.99. The maximum atomic E-state index is 2.43. The minimum atomic E-state index is 1.25. The van der Waals surface area contributed by atoms with E-state index in [4.69, 9.17) is 0 Å². The van der Waals surface area contributed by atoms with Gasteiger partial charge in [0.25, 0.3) is 0 Å². The van der Waals surface area contributed by atoms with Crippen LogP contribution in [0.2, 0.25) is 0 Å². The third kappa shape index (κ3) is 1.96. The molecule has 1 nitrogen and oxygen atoms in total. The second-order valence-electron chi connectivity index (χ2n) is 4.09. The molecule has 1 aromatic heterocycles. The van der Waals surface area contributed by atoms with E-state index in [0.717, 1.165) is 0 Å². The summed E-state index contributed by atoms with van der Waals surface area (Å²) in [5.41, 5.74) is 3.12. The van der Waals surface area contributed by atoms with Crippen LogP contribution in [0.4, 0.5) is 0 Å². The van der Waals surface area contributed by atoms with E-state index in [1.165, 1.54) is 45.1 Å². The average molecular weight is 177 g/mol. The molecule has 2 heterocycles. The van der Waals surface area contributed by atoms with Crippen LogP contribution in [0.15, 0.2) is 12.3 Å². The standard InChI is InChI=1S/C12H19N/c1-2-3-4-6-11-9-12-7-5-8-13(12)10-11/h9-10H,2-8H2,1H3. The summed E-state index contributed by atoms with van der Waals surface area (Å²) in [6.45, 7) is 3.52. The molecule has 13 heavy (non-hydrogen) atoms. The lowest BCUT2D eigenvalue weighted by molar-refractivity contribution is 0.708. The van der Waals surface area contributed by atoms with Gasteiger partial charge in [-0.05, 0) is 37.3 Å². The van der Waals surface area contributed by atoms with Gasteiger partial charge in [-0.2, -0.15) is 0 Å². The average Bonchev–Trinajstić information content (AvgIpc) is 2.64. The second-order valence-corrected chi connectivity index (χ2v) is 4.09. The summed E-state index contributed by atoms with van der Waals surface area (Å²) in [5, 5.41) is 0. The lowest BCUT2D eigenvalue weighted by atomic mass is 10.1. The zero-order valence-corrected chi connectivity index (χ0v) is 8.55. The molecule has 0 N–H and O–H groups in total. The molecule has 0 radical (unpaired) electrons. The molecule has 0 unspecified atom stereocenters. The van der Waals surface area contributed by atoms with Gasteiger partial charge < -0.3 is 4.57 Å². The lowest BCUT2D eigenvalue weighted by Crippen LogP contribution is -1.88. The van der Waals surface area contributed by atoms with E-state index in [2.05, 4.69) is 23.8 Å². The molecule has 0 spiro atoms. The smallest absolute Gasteiger partial charge is 0.0226 e. The molecule has 0 fully saturated rings. The number of fused-ring (bicyclic) bond motifs is 1. The highest BCUT2D eigenvalue weighted by Gasteiger charge is 2.10. The molecule has 1 heteroatoms. The van der Waals surface area contributed by atoms with Crippen molar-refractivity contribution < 1.29 is 0 Å². The van der Waals surface area contributed by atoms with E-state index >= 15 is 0 Å². The van der Waals surface area contributed by atoms with Crippen molar-refractivity contribution in [1.82, 2.24) is 4.57 Å². The fourth-order valence-corrected chi connectivity index (χ4v) is 2.19. The number of hydrogen-bond donors (Lipinski definition) is 0. The topological polar surface area (TPSA) is 4.93 Å². The number of nitrogens with zero attached hydrogens (tertiary/aromatic N) is 1. The molecule has 2 rings (SSSR count). The van der Waals surface area contributed by atoms with Crippen molar-refractivity contribution in [2.45, 2.75) is 52.0 Å². The van der Waals surface area contributed by atoms with Crippen LogP contribution in [-0.4, -0.2) is 4.57 Å². The van der Waals surface area contributed by atoms with Crippen molar-refractivity contribution in [3.05, 3.63) is 23.5 Å². The first-order valence-electron chi connectivity index (χ1n) is 5.58. The molecular weight excluding hydrogens is 158 g/mol. The highest BCUT2D eigenvalue weighted by atomic mass is 15.0. The molecule has 1 aromatic rings. The van der Waals surface area contributed by atoms with Crippen molar-refractivity contribution in [3.8, 4) is 0 Å². The summed E-state index contributed by atoms with van der Waals surface area (Å²) < 4.78 is 2.43. The van der Waals surface area contributed by atoms with Crippen LogP contribution in [-0.2, 0) is 19.4 Å². The van der Waals surface area contributed by atoms with E-state index in [1.54, 1.807) is 11.3 Å². The molecule has 0 atom stereocenters. The Bertz CT molecular complexity index is 251. The number of hydrogen-bond acceptors (Lipinski definition) is 0. The maximum absolute atomic E-state index is 2.43. The SMILES string of the molecule is CCCCCc1cc2n(c1)CCC2. The third-order valence-electron chi connectivity index (χ3n) is 2.94. The Labute approximate surface area is 80.8 Å². The monoisotopic (exact) mass is 177 g/mol. The van der Waals surface area contributed by atoms with Crippen LogP contribution >= 0.6 is 0 Å².